The van der Waals surface area contributed by atoms with Gasteiger partial charge in [-0.05, 0) is 25.2 Å². The van der Waals surface area contributed by atoms with Gasteiger partial charge in [0.25, 0.3) is 0 Å². The second kappa shape index (κ2) is 9.37. The molecule has 1 saturated carbocycles. The minimum absolute atomic E-state index is 0.0649. The van der Waals surface area contributed by atoms with E-state index in [1.54, 1.807) is 0 Å². The van der Waals surface area contributed by atoms with Gasteiger partial charge in [-0.2, -0.15) is 0 Å². The Bertz CT molecular complexity index is 365. The standard InChI is InChI=1S/C15H26N2O4/c1-11(6-7-14(19)20)10-17-13(18)8-9-16-15(21)12-4-2-3-5-12/h11-12H,2-10H2,1H3,(H,16,21)(H,17,18)(H,19,20). The van der Waals surface area contributed by atoms with E-state index in [4.69, 9.17) is 5.11 Å². The monoisotopic (exact) mass is 298 g/mol. The van der Waals surface area contributed by atoms with Crippen molar-refractivity contribution in [2.45, 2.75) is 51.9 Å². The zero-order valence-corrected chi connectivity index (χ0v) is 12.7. The fourth-order valence-electron chi connectivity index (χ4n) is 2.48. The zero-order chi connectivity index (χ0) is 15.7. The summed E-state index contributed by atoms with van der Waals surface area (Å²) in [6.07, 6.45) is 5.09. The number of hydrogen-bond acceptors (Lipinski definition) is 3. The van der Waals surface area contributed by atoms with Crippen molar-refractivity contribution in [2.75, 3.05) is 13.1 Å². The van der Waals surface area contributed by atoms with Gasteiger partial charge in [0, 0.05) is 31.8 Å². The first-order chi connectivity index (χ1) is 9.99. The van der Waals surface area contributed by atoms with Crippen molar-refractivity contribution in [3.8, 4) is 0 Å². The van der Waals surface area contributed by atoms with Gasteiger partial charge in [0.15, 0.2) is 0 Å². The van der Waals surface area contributed by atoms with Crippen molar-refractivity contribution in [1.82, 2.24) is 10.6 Å². The third kappa shape index (κ3) is 7.68. The van der Waals surface area contributed by atoms with Gasteiger partial charge in [-0.25, -0.2) is 0 Å². The number of carbonyl (C=O) groups excluding carboxylic acids is 2. The minimum atomic E-state index is -0.817. The Morgan fingerprint density at radius 3 is 2.43 bits per heavy atom. The van der Waals surface area contributed by atoms with Crippen LogP contribution >= 0.6 is 0 Å². The molecule has 1 rings (SSSR count). The van der Waals surface area contributed by atoms with Gasteiger partial charge in [-0.1, -0.05) is 19.8 Å². The number of aliphatic carboxylic acids is 1. The lowest BCUT2D eigenvalue weighted by atomic mass is 10.1. The molecule has 0 aliphatic heterocycles. The molecule has 0 aromatic rings. The smallest absolute Gasteiger partial charge is 0.303 e. The maximum atomic E-state index is 11.7. The normalized spacial score (nSPS) is 16.4. The van der Waals surface area contributed by atoms with Crippen LogP contribution in [0.5, 0.6) is 0 Å². The van der Waals surface area contributed by atoms with Gasteiger partial charge in [0.2, 0.25) is 11.8 Å². The van der Waals surface area contributed by atoms with E-state index in [0.29, 0.717) is 19.5 Å². The number of rotatable bonds is 9. The Labute approximate surface area is 125 Å². The summed E-state index contributed by atoms with van der Waals surface area (Å²) in [6.45, 7) is 2.75. The molecule has 0 aromatic heterocycles. The topological polar surface area (TPSA) is 95.5 Å². The molecule has 1 aliphatic rings. The molecule has 6 nitrogen and oxygen atoms in total. The molecule has 0 heterocycles. The summed E-state index contributed by atoms with van der Waals surface area (Å²) in [5, 5.41) is 14.1. The lowest BCUT2D eigenvalue weighted by Crippen LogP contribution is -2.34. The Morgan fingerprint density at radius 1 is 1.14 bits per heavy atom. The Balaban J connectivity index is 2.05. The Hall–Kier alpha value is -1.59. The number of carbonyl (C=O) groups is 3. The van der Waals surface area contributed by atoms with Gasteiger partial charge >= 0.3 is 5.97 Å². The summed E-state index contributed by atoms with van der Waals surface area (Å²) < 4.78 is 0. The summed E-state index contributed by atoms with van der Waals surface area (Å²) in [7, 11) is 0. The van der Waals surface area contributed by atoms with Gasteiger partial charge in [0.1, 0.15) is 0 Å². The van der Waals surface area contributed by atoms with Crippen molar-refractivity contribution in [3.63, 3.8) is 0 Å². The molecular formula is C15H26N2O4. The maximum absolute atomic E-state index is 11.7. The van der Waals surface area contributed by atoms with E-state index in [2.05, 4.69) is 10.6 Å². The van der Waals surface area contributed by atoms with Crippen LogP contribution in [0.1, 0.15) is 51.9 Å². The average Bonchev–Trinajstić information content (AvgIpc) is 2.97. The highest BCUT2D eigenvalue weighted by Gasteiger charge is 2.22. The molecule has 1 aliphatic carbocycles. The molecule has 120 valence electrons. The molecule has 1 unspecified atom stereocenters. The van der Waals surface area contributed by atoms with Crippen molar-refractivity contribution in [3.05, 3.63) is 0 Å². The molecule has 0 radical (unpaired) electrons. The minimum Gasteiger partial charge on any atom is -0.481 e. The average molecular weight is 298 g/mol. The first-order valence-corrected chi connectivity index (χ1v) is 7.75. The third-order valence-corrected chi connectivity index (χ3v) is 3.88. The van der Waals surface area contributed by atoms with Crippen LogP contribution in [0.25, 0.3) is 0 Å². The van der Waals surface area contributed by atoms with Crippen molar-refractivity contribution < 1.29 is 19.5 Å². The molecule has 0 bridgehead atoms. The summed E-state index contributed by atoms with van der Waals surface area (Å²) >= 11 is 0. The van der Waals surface area contributed by atoms with Crippen LogP contribution < -0.4 is 10.6 Å². The van der Waals surface area contributed by atoms with Crippen LogP contribution in [0.4, 0.5) is 0 Å². The first kappa shape index (κ1) is 17.5. The van der Waals surface area contributed by atoms with E-state index in [-0.39, 0.29) is 36.5 Å². The number of carboxylic acids is 1. The maximum Gasteiger partial charge on any atom is 0.303 e. The summed E-state index contributed by atoms with van der Waals surface area (Å²) in [4.78, 5) is 33.8. The molecule has 3 N–H and O–H groups in total. The van der Waals surface area contributed by atoms with Crippen LogP contribution in [-0.4, -0.2) is 36.0 Å². The highest BCUT2D eigenvalue weighted by atomic mass is 16.4. The molecule has 6 heteroatoms. The highest BCUT2D eigenvalue weighted by Crippen LogP contribution is 2.24. The first-order valence-electron chi connectivity index (χ1n) is 7.75. The molecule has 0 spiro atoms. The molecule has 1 atom stereocenters. The Kier molecular flexibility index (Phi) is 7.79. The highest BCUT2D eigenvalue weighted by molar-refractivity contribution is 5.80. The van der Waals surface area contributed by atoms with E-state index in [1.165, 1.54) is 0 Å². The van der Waals surface area contributed by atoms with Gasteiger partial charge in [-0.3, -0.25) is 14.4 Å². The summed E-state index contributed by atoms with van der Waals surface area (Å²) in [6, 6.07) is 0. The molecular weight excluding hydrogens is 272 g/mol. The lowest BCUT2D eigenvalue weighted by molar-refractivity contribution is -0.137. The molecule has 0 aromatic carbocycles. The van der Waals surface area contributed by atoms with E-state index in [0.717, 1.165) is 25.7 Å². The fourth-order valence-corrected chi connectivity index (χ4v) is 2.48. The van der Waals surface area contributed by atoms with Crippen LogP contribution in [0.3, 0.4) is 0 Å². The zero-order valence-electron chi connectivity index (χ0n) is 12.7. The van der Waals surface area contributed by atoms with Gasteiger partial charge in [0.05, 0.1) is 0 Å². The number of nitrogens with one attached hydrogen (secondary N) is 2. The van der Waals surface area contributed by atoms with Crippen LogP contribution in [-0.2, 0) is 14.4 Å². The predicted molar refractivity (Wildman–Crippen MR) is 78.6 cm³/mol. The van der Waals surface area contributed by atoms with Gasteiger partial charge < -0.3 is 15.7 Å². The van der Waals surface area contributed by atoms with E-state index in [9.17, 15) is 14.4 Å². The Morgan fingerprint density at radius 2 is 1.81 bits per heavy atom. The second-order valence-electron chi connectivity index (χ2n) is 5.86. The second-order valence-corrected chi connectivity index (χ2v) is 5.86. The summed E-state index contributed by atoms with van der Waals surface area (Å²) in [5.74, 6) is -0.593. The number of hydrogen-bond donors (Lipinski definition) is 3. The SMILES string of the molecule is CC(CCC(=O)O)CNC(=O)CCNC(=O)C1CCCC1. The van der Waals surface area contributed by atoms with E-state index < -0.39 is 5.97 Å². The van der Waals surface area contributed by atoms with Crippen LogP contribution in [0.2, 0.25) is 0 Å². The number of carboxylic acid groups (broad SMARTS) is 1. The largest absolute Gasteiger partial charge is 0.481 e. The molecule has 2 amide bonds. The molecule has 21 heavy (non-hydrogen) atoms. The van der Waals surface area contributed by atoms with Crippen LogP contribution in [0, 0.1) is 11.8 Å². The van der Waals surface area contributed by atoms with E-state index in [1.807, 2.05) is 6.92 Å². The van der Waals surface area contributed by atoms with E-state index >= 15 is 0 Å². The van der Waals surface area contributed by atoms with Gasteiger partial charge in [-0.15, -0.1) is 0 Å². The van der Waals surface area contributed by atoms with Crippen molar-refractivity contribution >= 4 is 17.8 Å². The third-order valence-electron chi connectivity index (χ3n) is 3.88. The number of amides is 2. The molecule has 0 saturated heterocycles. The van der Waals surface area contributed by atoms with Crippen molar-refractivity contribution in [1.29, 1.82) is 0 Å². The van der Waals surface area contributed by atoms with Crippen LogP contribution in [0.15, 0.2) is 0 Å². The predicted octanol–water partition coefficient (Wildman–Crippen LogP) is 1.30. The fraction of sp³-hybridized carbons (Fsp3) is 0.800. The lowest BCUT2D eigenvalue weighted by Gasteiger charge is -2.12. The molecule has 1 fully saturated rings. The summed E-state index contributed by atoms with van der Waals surface area (Å²) in [5.41, 5.74) is 0. The van der Waals surface area contributed by atoms with Crippen molar-refractivity contribution in [2.24, 2.45) is 11.8 Å². The quantitative estimate of drug-likeness (QED) is 0.598.